The maximum Gasteiger partial charge on any atom is 0.267 e. The first-order chi connectivity index (χ1) is 8.74. The van der Waals surface area contributed by atoms with Crippen molar-refractivity contribution in [1.82, 2.24) is 4.98 Å². The van der Waals surface area contributed by atoms with Crippen LogP contribution in [0.1, 0.15) is 36.2 Å². The minimum absolute atomic E-state index is 0.328. The molecule has 0 bridgehead atoms. The van der Waals surface area contributed by atoms with Crippen molar-refractivity contribution in [2.45, 2.75) is 25.7 Å². The van der Waals surface area contributed by atoms with E-state index in [2.05, 4.69) is 10.3 Å². The number of primary amides is 1. The molecule has 18 heavy (non-hydrogen) atoms. The average Bonchev–Trinajstić information content (AvgIpc) is 3.23. The van der Waals surface area contributed by atoms with Crippen molar-refractivity contribution in [3.63, 3.8) is 0 Å². The van der Waals surface area contributed by atoms with Gasteiger partial charge in [0.25, 0.3) is 5.91 Å². The van der Waals surface area contributed by atoms with Crippen molar-refractivity contribution in [2.24, 2.45) is 23.5 Å². The lowest BCUT2D eigenvalue weighted by Gasteiger charge is -2.17. The van der Waals surface area contributed by atoms with Crippen molar-refractivity contribution in [1.29, 1.82) is 0 Å². The number of pyridine rings is 1. The van der Waals surface area contributed by atoms with E-state index >= 15 is 0 Å². The lowest BCUT2D eigenvalue weighted by molar-refractivity contribution is 0.0995. The predicted molar refractivity (Wildman–Crippen MR) is 70.2 cm³/mol. The molecule has 3 rings (SSSR count). The Kier molecular flexibility index (Phi) is 2.94. The van der Waals surface area contributed by atoms with Crippen LogP contribution in [-0.4, -0.2) is 17.4 Å². The van der Waals surface area contributed by atoms with Gasteiger partial charge in [0, 0.05) is 18.4 Å². The van der Waals surface area contributed by atoms with Crippen molar-refractivity contribution in [2.75, 3.05) is 11.9 Å². The first kappa shape index (κ1) is 11.5. The first-order valence-electron chi connectivity index (χ1n) is 6.74. The smallest absolute Gasteiger partial charge is 0.267 e. The summed E-state index contributed by atoms with van der Waals surface area (Å²) in [7, 11) is 0. The zero-order valence-corrected chi connectivity index (χ0v) is 10.4. The van der Waals surface area contributed by atoms with Crippen LogP contribution < -0.4 is 11.1 Å². The summed E-state index contributed by atoms with van der Waals surface area (Å²) in [6.07, 6.45) is 7.21. The molecule has 0 aromatic carbocycles. The van der Waals surface area contributed by atoms with Crippen LogP contribution in [0, 0.1) is 17.8 Å². The van der Waals surface area contributed by atoms with Crippen LogP contribution in [0.5, 0.6) is 0 Å². The van der Waals surface area contributed by atoms with Gasteiger partial charge in [0.05, 0.1) is 0 Å². The van der Waals surface area contributed by atoms with Crippen LogP contribution in [0.2, 0.25) is 0 Å². The molecule has 4 heteroatoms. The van der Waals surface area contributed by atoms with Crippen molar-refractivity contribution in [3.8, 4) is 0 Å². The summed E-state index contributed by atoms with van der Waals surface area (Å²) in [6, 6.07) is 3.63. The minimum atomic E-state index is -0.473. The van der Waals surface area contributed by atoms with Gasteiger partial charge in [-0.2, -0.15) is 0 Å². The molecule has 4 nitrogen and oxygen atoms in total. The van der Waals surface area contributed by atoms with E-state index in [9.17, 15) is 4.79 Å². The molecule has 1 aromatic rings. The number of carbonyl (C=O) groups excluding carboxylic acids is 1. The lowest BCUT2D eigenvalue weighted by Crippen LogP contribution is -2.19. The number of amides is 1. The molecule has 2 saturated carbocycles. The monoisotopic (exact) mass is 245 g/mol. The molecule has 96 valence electrons. The molecule has 2 aliphatic rings. The van der Waals surface area contributed by atoms with Crippen LogP contribution in [0.25, 0.3) is 0 Å². The number of anilines is 1. The normalized spacial score (nSPS) is 18.9. The van der Waals surface area contributed by atoms with Crippen LogP contribution in [0.4, 0.5) is 5.69 Å². The van der Waals surface area contributed by atoms with Gasteiger partial charge in [-0.15, -0.1) is 0 Å². The number of rotatable bonds is 6. The Morgan fingerprint density at radius 2 is 2.06 bits per heavy atom. The number of hydrogen-bond acceptors (Lipinski definition) is 3. The van der Waals surface area contributed by atoms with Crippen LogP contribution in [0.3, 0.4) is 0 Å². The average molecular weight is 245 g/mol. The number of nitrogens with one attached hydrogen (secondary N) is 1. The number of carbonyl (C=O) groups is 1. The molecular weight excluding hydrogens is 226 g/mol. The van der Waals surface area contributed by atoms with E-state index in [1.807, 2.05) is 6.07 Å². The Morgan fingerprint density at radius 3 is 2.61 bits per heavy atom. The molecule has 2 aliphatic carbocycles. The van der Waals surface area contributed by atoms with Gasteiger partial charge in [0.15, 0.2) is 0 Å². The largest absolute Gasteiger partial charge is 0.385 e. The van der Waals surface area contributed by atoms with Gasteiger partial charge < -0.3 is 11.1 Å². The van der Waals surface area contributed by atoms with E-state index in [0.717, 1.165) is 30.0 Å². The molecule has 0 spiro atoms. The summed E-state index contributed by atoms with van der Waals surface area (Å²) in [6.45, 7) is 1.01. The van der Waals surface area contributed by atoms with Gasteiger partial charge in [0.1, 0.15) is 5.69 Å². The SMILES string of the molecule is NC(=O)c1cc(NCC(C2CC2)C2CC2)ccn1. The van der Waals surface area contributed by atoms with E-state index in [-0.39, 0.29) is 0 Å². The highest BCUT2D eigenvalue weighted by molar-refractivity contribution is 5.91. The molecule has 0 radical (unpaired) electrons. The van der Waals surface area contributed by atoms with Gasteiger partial charge in [-0.05, 0) is 55.6 Å². The number of hydrogen-bond donors (Lipinski definition) is 2. The molecule has 1 amide bonds. The lowest BCUT2D eigenvalue weighted by atomic mass is 9.98. The molecule has 0 aliphatic heterocycles. The number of nitrogens with zero attached hydrogens (tertiary/aromatic N) is 1. The Bertz CT molecular complexity index is 440. The van der Waals surface area contributed by atoms with Gasteiger partial charge in [-0.25, -0.2) is 0 Å². The van der Waals surface area contributed by atoms with E-state index < -0.39 is 5.91 Å². The number of aromatic nitrogens is 1. The Morgan fingerprint density at radius 1 is 1.39 bits per heavy atom. The standard InChI is InChI=1S/C14H19N3O/c15-14(18)13-7-11(5-6-16-13)17-8-12(9-1-2-9)10-3-4-10/h5-7,9-10,12H,1-4,8H2,(H2,15,18)(H,16,17). The molecule has 0 atom stereocenters. The van der Waals surface area contributed by atoms with Gasteiger partial charge in [0.2, 0.25) is 0 Å². The molecule has 0 unspecified atom stereocenters. The third-order valence-electron chi connectivity index (χ3n) is 4.01. The number of nitrogens with two attached hydrogens (primary N) is 1. The molecule has 3 N–H and O–H groups in total. The fourth-order valence-electron chi connectivity index (χ4n) is 2.68. The zero-order valence-electron chi connectivity index (χ0n) is 10.4. The molecule has 1 heterocycles. The first-order valence-corrected chi connectivity index (χ1v) is 6.74. The van der Waals surface area contributed by atoms with Crippen molar-refractivity contribution >= 4 is 11.6 Å². The van der Waals surface area contributed by atoms with Gasteiger partial charge >= 0.3 is 0 Å². The maximum atomic E-state index is 11.1. The van der Waals surface area contributed by atoms with Crippen LogP contribution in [-0.2, 0) is 0 Å². The van der Waals surface area contributed by atoms with Crippen LogP contribution >= 0.6 is 0 Å². The highest BCUT2D eigenvalue weighted by Gasteiger charge is 2.40. The van der Waals surface area contributed by atoms with E-state index in [0.29, 0.717) is 5.69 Å². The second-order valence-electron chi connectivity index (χ2n) is 5.51. The Hall–Kier alpha value is -1.58. The topological polar surface area (TPSA) is 68.0 Å². The summed E-state index contributed by atoms with van der Waals surface area (Å²) in [5, 5.41) is 3.43. The third kappa shape index (κ3) is 2.63. The molecule has 0 saturated heterocycles. The van der Waals surface area contributed by atoms with Crippen molar-refractivity contribution in [3.05, 3.63) is 24.0 Å². The molecular formula is C14H19N3O. The predicted octanol–water partition coefficient (Wildman–Crippen LogP) is 2.03. The Labute approximate surface area is 107 Å². The van der Waals surface area contributed by atoms with E-state index in [4.69, 9.17) is 5.73 Å². The van der Waals surface area contributed by atoms with E-state index in [1.165, 1.54) is 25.7 Å². The summed E-state index contributed by atoms with van der Waals surface area (Å²) in [5.41, 5.74) is 6.50. The minimum Gasteiger partial charge on any atom is -0.385 e. The summed E-state index contributed by atoms with van der Waals surface area (Å²) in [4.78, 5) is 15.0. The second kappa shape index (κ2) is 4.59. The summed E-state index contributed by atoms with van der Waals surface area (Å²) in [5.74, 6) is 2.21. The second-order valence-corrected chi connectivity index (χ2v) is 5.51. The highest BCUT2D eigenvalue weighted by atomic mass is 16.1. The summed E-state index contributed by atoms with van der Waals surface area (Å²) >= 11 is 0. The van der Waals surface area contributed by atoms with Crippen LogP contribution in [0.15, 0.2) is 18.3 Å². The fraction of sp³-hybridized carbons (Fsp3) is 0.571. The fourth-order valence-corrected chi connectivity index (χ4v) is 2.68. The third-order valence-corrected chi connectivity index (χ3v) is 4.01. The molecule has 2 fully saturated rings. The van der Waals surface area contributed by atoms with E-state index in [1.54, 1.807) is 12.3 Å². The van der Waals surface area contributed by atoms with Gasteiger partial charge in [-0.1, -0.05) is 0 Å². The van der Waals surface area contributed by atoms with Gasteiger partial charge in [-0.3, -0.25) is 9.78 Å². The quantitative estimate of drug-likeness (QED) is 0.805. The highest BCUT2D eigenvalue weighted by Crippen LogP contribution is 2.49. The molecule has 1 aromatic heterocycles. The Balaban J connectivity index is 1.61. The zero-order chi connectivity index (χ0) is 12.5. The maximum absolute atomic E-state index is 11.1. The summed E-state index contributed by atoms with van der Waals surface area (Å²) < 4.78 is 0. The van der Waals surface area contributed by atoms with Crippen molar-refractivity contribution < 1.29 is 4.79 Å².